The Morgan fingerprint density at radius 1 is 1.17 bits per heavy atom. The average molecular weight is 266 g/mol. The van der Waals surface area contributed by atoms with Crippen LogP contribution in [0.2, 0.25) is 0 Å². The number of primary sulfonamides is 1. The van der Waals surface area contributed by atoms with Crippen LogP contribution < -0.4 is 10.9 Å². The van der Waals surface area contributed by atoms with Crippen LogP contribution >= 0.6 is 0 Å². The van der Waals surface area contributed by atoms with Gasteiger partial charge in [-0.25, -0.2) is 13.6 Å². The molecule has 0 aliphatic rings. The molecule has 0 aliphatic carbocycles. The number of hydrogen-bond donors (Lipinski definition) is 3. The number of rotatable bonds is 3. The molecule has 0 saturated heterocycles. The first-order chi connectivity index (χ1) is 8.47. The van der Waals surface area contributed by atoms with E-state index in [4.69, 9.17) is 10.9 Å². The van der Waals surface area contributed by atoms with Crippen molar-refractivity contribution in [1.29, 1.82) is 0 Å². The molecule has 1 aromatic carbocycles. The van der Waals surface area contributed by atoms with Gasteiger partial charge in [0.05, 0.1) is 16.8 Å². The van der Waals surface area contributed by atoms with Crippen molar-refractivity contribution < 1.29 is 8.42 Å². The van der Waals surface area contributed by atoms with Crippen molar-refractivity contribution in [3.8, 4) is 0 Å². The first-order valence-corrected chi connectivity index (χ1v) is 6.35. The Morgan fingerprint density at radius 3 is 2.33 bits per heavy atom. The lowest BCUT2D eigenvalue weighted by Gasteiger charge is -1.97. The Hall–Kier alpha value is -2.26. The fraction of sp³-hybridized carbons (Fsp3) is 0. The van der Waals surface area contributed by atoms with Crippen molar-refractivity contribution in [1.82, 2.24) is 10.2 Å². The molecule has 94 valence electrons. The van der Waals surface area contributed by atoms with Gasteiger partial charge < -0.3 is 5.73 Å². The van der Waals surface area contributed by atoms with Crippen molar-refractivity contribution in [2.24, 2.45) is 15.4 Å². The Labute approximate surface area is 103 Å². The van der Waals surface area contributed by atoms with Crippen LogP contribution in [-0.2, 0) is 10.0 Å². The van der Waals surface area contributed by atoms with E-state index < -0.39 is 10.0 Å². The highest BCUT2D eigenvalue weighted by molar-refractivity contribution is 7.89. The number of hydrogen-bond acceptors (Lipinski definition) is 6. The minimum Gasteiger partial charge on any atom is -0.382 e. The van der Waals surface area contributed by atoms with E-state index in [0.717, 1.165) is 0 Å². The maximum Gasteiger partial charge on any atom is 0.238 e. The molecule has 1 heterocycles. The summed E-state index contributed by atoms with van der Waals surface area (Å²) in [5, 5.41) is 18.9. The standard InChI is InChI=1S/C9H10N6O2S/c10-9-8(5-12-15-9)14-13-6-1-3-7(4-2-6)18(11,16)17/h1-5H,(H3,10,12,15)(H2,11,16,17). The Kier molecular flexibility index (Phi) is 3.08. The molecule has 0 saturated carbocycles. The van der Waals surface area contributed by atoms with Gasteiger partial charge in [0, 0.05) is 0 Å². The number of nitrogens with two attached hydrogens (primary N) is 2. The number of H-pyrrole nitrogens is 1. The molecule has 2 rings (SSSR count). The Balaban J connectivity index is 2.22. The van der Waals surface area contributed by atoms with E-state index in [9.17, 15) is 8.42 Å². The van der Waals surface area contributed by atoms with Gasteiger partial charge in [-0.05, 0) is 24.3 Å². The Morgan fingerprint density at radius 2 is 1.83 bits per heavy atom. The summed E-state index contributed by atoms with van der Waals surface area (Å²) in [5.41, 5.74) is 6.40. The number of sulfonamides is 1. The minimum atomic E-state index is -3.69. The number of aromatic nitrogens is 2. The molecule has 1 aromatic heterocycles. The van der Waals surface area contributed by atoms with Crippen LogP contribution in [0.5, 0.6) is 0 Å². The number of nitrogens with zero attached hydrogens (tertiary/aromatic N) is 3. The summed E-state index contributed by atoms with van der Waals surface area (Å²) in [6.45, 7) is 0. The Bertz CT molecular complexity index is 673. The SMILES string of the molecule is Nc1[nH]ncc1N=Nc1ccc(S(N)(=O)=O)cc1. The van der Waals surface area contributed by atoms with Crippen LogP contribution in [0.4, 0.5) is 17.2 Å². The van der Waals surface area contributed by atoms with Crippen molar-refractivity contribution in [3.63, 3.8) is 0 Å². The number of nitrogen functional groups attached to an aromatic ring is 1. The molecule has 8 nitrogen and oxygen atoms in total. The molecule has 18 heavy (non-hydrogen) atoms. The van der Waals surface area contributed by atoms with E-state index in [1.54, 1.807) is 0 Å². The molecule has 0 atom stereocenters. The van der Waals surface area contributed by atoms with Gasteiger partial charge in [0.1, 0.15) is 11.5 Å². The third kappa shape index (κ3) is 2.70. The van der Waals surface area contributed by atoms with Crippen molar-refractivity contribution in [3.05, 3.63) is 30.5 Å². The summed E-state index contributed by atoms with van der Waals surface area (Å²) in [6.07, 6.45) is 1.43. The van der Waals surface area contributed by atoms with Crippen LogP contribution in [0.3, 0.4) is 0 Å². The first-order valence-electron chi connectivity index (χ1n) is 4.80. The molecule has 0 unspecified atom stereocenters. The topological polar surface area (TPSA) is 140 Å². The third-order valence-electron chi connectivity index (χ3n) is 2.09. The first kappa shape index (κ1) is 12.2. The molecular weight excluding hydrogens is 256 g/mol. The van der Waals surface area contributed by atoms with Gasteiger partial charge in [-0.2, -0.15) is 10.2 Å². The highest BCUT2D eigenvalue weighted by Crippen LogP contribution is 2.22. The van der Waals surface area contributed by atoms with Crippen LogP contribution in [0, 0.1) is 0 Å². The van der Waals surface area contributed by atoms with Crippen LogP contribution in [0.25, 0.3) is 0 Å². The number of aromatic amines is 1. The van der Waals surface area contributed by atoms with E-state index in [2.05, 4.69) is 20.4 Å². The molecule has 0 radical (unpaired) electrons. The molecule has 5 N–H and O–H groups in total. The predicted octanol–water partition coefficient (Wildman–Crippen LogP) is 1.05. The van der Waals surface area contributed by atoms with Gasteiger partial charge in [0.2, 0.25) is 10.0 Å². The van der Waals surface area contributed by atoms with Crippen molar-refractivity contribution in [2.45, 2.75) is 4.90 Å². The monoisotopic (exact) mass is 266 g/mol. The molecule has 0 spiro atoms. The van der Waals surface area contributed by atoms with Gasteiger partial charge in [-0.15, -0.1) is 5.11 Å². The molecular formula is C9H10N6O2S. The lowest BCUT2D eigenvalue weighted by atomic mass is 10.3. The maximum absolute atomic E-state index is 11.0. The number of benzene rings is 1. The summed E-state index contributed by atoms with van der Waals surface area (Å²) in [4.78, 5) is 0.0178. The summed E-state index contributed by atoms with van der Waals surface area (Å²) in [7, 11) is -3.69. The van der Waals surface area contributed by atoms with Crippen LogP contribution in [0.1, 0.15) is 0 Å². The molecule has 2 aromatic rings. The summed E-state index contributed by atoms with van der Waals surface area (Å²) < 4.78 is 22.1. The zero-order valence-corrected chi connectivity index (χ0v) is 9.92. The number of azo groups is 1. The van der Waals surface area contributed by atoms with Crippen molar-refractivity contribution >= 4 is 27.2 Å². The minimum absolute atomic E-state index is 0.0178. The fourth-order valence-corrected chi connectivity index (χ4v) is 1.70. The smallest absolute Gasteiger partial charge is 0.238 e. The summed E-state index contributed by atoms with van der Waals surface area (Å²) >= 11 is 0. The van der Waals surface area contributed by atoms with Crippen molar-refractivity contribution in [2.75, 3.05) is 5.73 Å². The zero-order valence-electron chi connectivity index (χ0n) is 9.11. The van der Waals surface area contributed by atoms with E-state index in [1.807, 2.05) is 0 Å². The predicted molar refractivity (Wildman–Crippen MR) is 65.0 cm³/mol. The third-order valence-corrected chi connectivity index (χ3v) is 3.02. The van der Waals surface area contributed by atoms with E-state index in [0.29, 0.717) is 17.2 Å². The fourth-order valence-electron chi connectivity index (χ4n) is 1.18. The number of nitrogens with one attached hydrogen (secondary N) is 1. The van der Waals surface area contributed by atoms with Gasteiger partial charge in [-0.3, -0.25) is 5.10 Å². The highest BCUT2D eigenvalue weighted by Gasteiger charge is 2.06. The molecule has 0 amide bonds. The number of anilines is 1. The lowest BCUT2D eigenvalue weighted by Crippen LogP contribution is -2.11. The average Bonchev–Trinajstić information content (AvgIpc) is 2.72. The second-order valence-electron chi connectivity index (χ2n) is 3.41. The molecule has 0 bridgehead atoms. The second kappa shape index (κ2) is 4.55. The molecule has 9 heteroatoms. The molecule has 0 aliphatic heterocycles. The second-order valence-corrected chi connectivity index (χ2v) is 4.97. The van der Waals surface area contributed by atoms with Gasteiger partial charge in [0.25, 0.3) is 0 Å². The van der Waals surface area contributed by atoms with Crippen LogP contribution in [0.15, 0.2) is 45.6 Å². The normalized spacial score (nSPS) is 12.1. The lowest BCUT2D eigenvalue weighted by molar-refractivity contribution is 0.598. The van der Waals surface area contributed by atoms with E-state index in [-0.39, 0.29) is 4.90 Å². The quantitative estimate of drug-likeness (QED) is 0.714. The van der Waals surface area contributed by atoms with Gasteiger partial charge >= 0.3 is 0 Å². The molecule has 0 fully saturated rings. The van der Waals surface area contributed by atoms with Gasteiger partial charge in [-0.1, -0.05) is 0 Å². The van der Waals surface area contributed by atoms with Gasteiger partial charge in [0.15, 0.2) is 0 Å². The van der Waals surface area contributed by atoms with E-state index >= 15 is 0 Å². The maximum atomic E-state index is 11.0. The summed E-state index contributed by atoms with van der Waals surface area (Å²) in [6, 6.07) is 5.67. The largest absolute Gasteiger partial charge is 0.382 e. The zero-order chi connectivity index (χ0) is 13.2. The van der Waals surface area contributed by atoms with Crippen LogP contribution in [-0.4, -0.2) is 18.6 Å². The summed E-state index contributed by atoms with van der Waals surface area (Å²) in [5.74, 6) is 0.305. The highest BCUT2D eigenvalue weighted by atomic mass is 32.2. The van der Waals surface area contributed by atoms with E-state index in [1.165, 1.54) is 30.5 Å².